The van der Waals surface area contributed by atoms with Crippen molar-refractivity contribution in [1.29, 1.82) is 0 Å². The van der Waals surface area contributed by atoms with Gasteiger partial charge in [0.25, 0.3) is 5.91 Å². The number of carbonyl (C=O) groups excluding carboxylic acids is 3. The zero-order valence-corrected chi connectivity index (χ0v) is 29.4. The summed E-state index contributed by atoms with van der Waals surface area (Å²) in [4.78, 5) is 41.9. The van der Waals surface area contributed by atoms with Gasteiger partial charge in [-0.05, 0) is 80.8 Å². The largest absolute Gasteiger partial charge is 0.573 e. The molecule has 3 aromatic rings. The number of nitrogens with one attached hydrogen (secondary N) is 2. The molecule has 0 unspecified atom stereocenters. The summed E-state index contributed by atoms with van der Waals surface area (Å²) in [6.07, 6.45) is -4.02. The summed E-state index contributed by atoms with van der Waals surface area (Å²) in [6.45, 7) is 8.17. The van der Waals surface area contributed by atoms with E-state index >= 15 is 0 Å². The van der Waals surface area contributed by atoms with Gasteiger partial charge in [0.1, 0.15) is 17.4 Å². The number of piperazine rings is 1. The number of halogens is 3. The summed E-state index contributed by atoms with van der Waals surface area (Å²) in [5.41, 5.74) is 1.53. The van der Waals surface area contributed by atoms with E-state index in [1.165, 1.54) is 51.9 Å². The van der Waals surface area contributed by atoms with Gasteiger partial charge in [-0.1, -0.05) is 24.3 Å². The predicted octanol–water partition coefficient (Wildman–Crippen LogP) is 5.53. The molecule has 3 aromatic carbocycles. The Morgan fingerprint density at radius 3 is 2.02 bits per heavy atom. The Bertz CT molecular complexity index is 1860. The molecule has 5 rings (SSSR count). The van der Waals surface area contributed by atoms with E-state index < -0.39 is 51.7 Å². The van der Waals surface area contributed by atoms with Gasteiger partial charge >= 0.3 is 12.5 Å². The molecule has 0 bridgehead atoms. The average Bonchev–Trinajstić information content (AvgIpc) is 3.00. The van der Waals surface area contributed by atoms with Crippen LogP contribution < -0.4 is 15.4 Å². The highest BCUT2D eigenvalue weighted by atomic mass is 32.2. The number of hydrogen-bond donors (Lipinski definition) is 2. The number of likely N-dealkylation sites (tertiary alicyclic amines) is 1. The van der Waals surface area contributed by atoms with Crippen LogP contribution in [-0.4, -0.2) is 97.4 Å². The van der Waals surface area contributed by atoms with E-state index in [9.17, 15) is 36.0 Å². The van der Waals surface area contributed by atoms with Crippen LogP contribution in [0.2, 0.25) is 0 Å². The molecule has 2 aliphatic rings. The first-order valence-electron chi connectivity index (χ1n) is 16.2. The summed E-state index contributed by atoms with van der Waals surface area (Å²) >= 11 is 0. The number of sulfonamides is 1. The maximum Gasteiger partial charge on any atom is 0.573 e. The van der Waals surface area contributed by atoms with Gasteiger partial charge in [-0.3, -0.25) is 19.4 Å². The number of ether oxygens (including phenoxy) is 2. The summed E-state index contributed by atoms with van der Waals surface area (Å²) in [7, 11) is -3.21. The first-order valence-corrected chi connectivity index (χ1v) is 18.1. The third-order valence-corrected chi connectivity index (χ3v) is 9.60. The van der Waals surface area contributed by atoms with Crippen molar-refractivity contribution in [2.45, 2.75) is 51.7 Å². The van der Waals surface area contributed by atoms with Crippen LogP contribution in [0.4, 0.5) is 29.3 Å². The molecule has 16 heteroatoms. The predicted molar refractivity (Wildman–Crippen MR) is 185 cm³/mol. The Hall–Kier alpha value is -4.67. The second-order valence-electron chi connectivity index (χ2n) is 13.4. The molecule has 0 spiro atoms. The minimum absolute atomic E-state index is 0.0167. The molecule has 0 saturated carbocycles. The smallest absolute Gasteiger partial charge is 0.444 e. The Morgan fingerprint density at radius 1 is 0.843 bits per heavy atom. The lowest BCUT2D eigenvalue weighted by Gasteiger charge is -2.40. The van der Waals surface area contributed by atoms with Crippen LogP contribution in [0.5, 0.6) is 5.75 Å². The van der Waals surface area contributed by atoms with Gasteiger partial charge in [-0.15, -0.1) is 13.2 Å². The molecule has 2 aliphatic heterocycles. The van der Waals surface area contributed by atoms with E-state index in [1.54, 1.807) is 32.9 Å². The summed E-state index contributed by atoms with van der Waals surface area (Å²) in [6, 6.07) is 16.0. The molecule has 3 amide bonds. The van der Waals surface area contributed by atoms with E-state index in [0.29, 0.717) is 56.9 Å². The van der Waals surface area contributed by atoms with Gasteiger partial charge in [0, 0.05) is 61.8 Å². The van der Waals surface area contributed by atoms with Crippen molar-refractivity contribution < 1.29 is 45.4 Å². The Labute approximate surface area is 294 Å². The maximum absolute atomic E-state index is 13.3. The van der Waals surface area contributed by atoms with Crippen molar-refractivity contribution in [2.75, 3.05) is 49.6 Å². The van der Waals surface area contributed by atoms with Crippen molar-refractivity contribution in [3.63, 3.8) is 0 Å². The summed E-state index contributed by atoms with van der Waals surface area (Å²) in [5, 5.41) is 5.47. The van der Waals surface area contributed by atoms with Gasteiger partial charge < -0.3 is 20.1 Å². The van der Waals surface area contributed by atoms with Crippen molar-refractivity contribution >= 4 is 39.3 Å². The number of alkyl halides is 3. The molecule has 2 saturated heterocycles. The van der Waals surface area contributed by atoms with Crippen LogP contribution >= 0.6 is 0 Å². The fourth-order valence-corrected chi connectivity index (χ4v) is 6.47. The van der Waals surface area contributed by atoms with Crippen LogP contribution in [0.15, 0.2) is 66.7 Å². The Kier molecular flexibility index (Phi) is 11.0. The number of carbonyl (C=O) groups is 3. The highest BCUT2D eigenvalue weighted by Gasteiger charge is 2.40. The molecule has 0 aromatic heterocycles. The minimum atomic E-state index is -4.98. The average molecular weight is 732 g/mol. The van der Waals surface area contributed by atoms with Crippen LogP contribution in [0.3, 0.4) is 0 Å². The second kappa shape index (κ2) is 14.9. The molecule has 0 radical (unpaired) electrons. The van der Waals surface area contributed by atoms with E-state index in [1.807, 2.05) is 12.1 Å². The Balaban J connectivity index is 1.23. The lowest BCUT2D eigenvalue weighted by atomic mass is 10.0. The molecular formula is C35H40F3N5O7S. The fraction of sp³-hybridized carbons (Fsp3) is 0.400. The van der Waals surface area contributed by atoms with Crippen molar-refractivity contribution in [3.8, 4) is 16.9 Å². The highest BCUT2D eigenvalue weighted by molar-refractivity contribution is 7.88. The normalized spacial score (nSPS) is 17.3. The number of hydrogen-bond acceptors (Lipinski definition) is 8. The van der Waals surface area contributed by atoms with Crippen LogP contribution in [0, 0.1) is 0 Å². The molecule has 12 nitrogen and oxygen atoms in total. The van der Waals surface area contributed by atoms with E-state index in [0.717, 1.165) is 11.6 Å². The zero-order chi connectivity index (χ0) is 37.1. The molecule has 51 heavy (non-hydrogen) atoms. The van der Waals surface area contributed by atoms with Gasteiger partial charge in [0.2, 0.25) is 15.9 Å². The summed E-state index contributed by atoms with van der Waals surface area (Å²) < 4.78 is 74.5. The molecule has 274 valence electrons. The van der Waals surface area contributed by atoms with E-state index in [-0.39, 0.29) is 16.8 Å². The fourth-order valence-electron chi connectivity index (χ4n) is 5.65. The lowest BCUT2D eigenvalue weighted by molar-refractivity contribution is -0.274. The van der Waals surface area contributed by atoms with Gasteiger partial charge in [0.05, 0.1) is 6.26 Å². The zero-order valence-electron chi connectivity index (χ0n) is 28.6. The summed E-state index contributed by atoms with van der Waals surface area (Å²) in [5.74, 6) is -1.46. The van der Waals surface area contributed by atoms with Gasteiger partial charge in [-0.2, -0.15) is 4.31 Å². The number of anilines is 2. The Morgan fingerprint density at radius 2 is 1.47 bits per heavy atom. The van der Waals surface area contributed by atoms with Gasteiger partial charge in [0.15, 0.2) is 0 Å². The van der Waals surface area contributed by atoms with E-state index in [2.05, 4.69) is 20.3 Å². The first-order chi connectivity index (χ1) is 23.8. The standard InChI is InChI=1S/C35H40F3N5O7S/c1-34(2,3)50-33(46)43-16-15-29(43)32(45)40-27-13-14-30(49-35(36,37)38)28(21-27)24-7-9-25(10-8-24)31(44)39-26-11-5-23(6-12-26)22-41-17-19-42(20-18-41)51(4,47)48/h5-14,21,29H,15-20,22H2,1-4H3,(H,39,44)(H,40,45)/t29-/m0/s1. The quantitative estimate of drug-likeness (QED) is 0.293. The number of amides is 3. The number of nitrogens with zero attached hydrogens (tertiary/aromatic N) is 3. The third-order valence-electron chi connectivity index (χ3n) is 8.30. The third kappa shape index (κ3) is 10.2. The van der Waals surface area contributed by atoms with E-state index in [4.69, 9.17) is 4.74 Å². The minimum Gasteiger partial charge on any atom is -0.444 e. The topological polar surface area (TPSA) is 138 Å². The van der Waals surface area contributed by atoms with Crippen LogP contribution in [0.25, 0.3) is 11.1 Å². The van der Waals surface area contributed by atoms with Crippen LogP contribution in [0.1, 0.15) is 43.1 Å². The van der Waals surface area contributed by atoms with Crippen molar-refractivity contribution in [2.24, 2.45) is 0 Å². The molecule has 2 N–H and O–H groups in total. The molecule has 2 fully saturated rings. The second-order valence-corrected chi connectivity index (χ2v) is 15.4. The van der Waals surface area contributed by atoms with Crippen molar-refractivity contribution in [1.82, 2.24) is 14.1 Å². The SMILES string of the molecule is CC(C)(C)OC(=O)N1CC[C@H]1C(=O)Nc1ccc(OC(F)(F)F)c(-c2ccc(C(=O)Nc3ccc(CN4CCN(S(C)(=O)=O)CC4)cc3)cc2)c1. The molecular weight excluding hydrogens is 691 g/mol. The molecule has 0 aliphatic carbocycles. The number of rotatable bonds is 9. The van der Waals surface area contributed by atoms with Crippen molar-refractivity contribution in [3.05, 3.63) is 77.9 Å². The first kappa shape index (κ1) is 37.6. The monoisotopic (exact) mass is 731 g/mol. The highest BCUT2D eigenvalue weighted by Crippen LogP contribution is 2.36. The van der Waals surface area contributed by atoms with Gasteiger partial charge in [-0.25, -0.2) is 13.2 Å². The maximum atomic E-state index is 13.3. The number of benzene rings is 3. The molecule has 1 atom stereocenters. The molecule has 2 heterocycles. The van der Waals surface area contributed by atoms with Crippen LogP contribution in [-0.2, 0) is 26.1 Å². The lowest BCUT2D eigenvalue weighted by Crippen LogP contribution is -2.57.